The monoisotopic (exact) mass is 491 g/mol. The van der Waals surface area contributed by atoms with Crippen LogP contribution in [0.2, 0.25) is 0 Å². The van der Waals surface area contributed by atoms with Gasteiger partial charge in [0.15, 0.2) is 10.8 Å². The first-order chi connectivity index (χ1) is 16.9. The highest BCUT2D eigenvalue weighted by Gasteiger charge is 2.42. The lowest BCUT2D eigenvalue weighted by atomic mass is 10.0. The van der Waals surface area contributed by atoms with Crippen LogP contribution in [-0.4, -0.2) is 69.0 Å². The van der Waals surface area contributed by atoms with Gasteiger partial charge < -0.3 is 19.6 Å². The van der Waals surface area contributed by atoms with Crippen molar-refractivity contribution in [1.82, 2.24) is 19.7 Å². The summed E-state index contributed by atoms with van der Waals surface area (Å²) in [6.45, 7) is 3.76. The number of hydrogen-bond donors (Lipinski definition) is 1. The number of ether oxygens (including phenoxy) is 1. The van der Waals surface area contributed by atoms with Crippen LogP contribution < -0.4 is 4.90 Å². The average molecular weight is 492 g/mol. The van der Waals surface area contributed by atoms with E-state index in [1.807, 2.05) is 29.6 Å². The van der Waals surface area contributed by atoms with Crippen molar-refractivity contribution >= 4 is 28.3 Å². The second-order valence-corrected chi connectivity index (χ2v) is 9.40. The van der Waals surface area contributed by atoms with Gasteiger partial charge in [-0.15, -0.1) is 11.3 Å². The molecule has 1 N–H and O–H groups in total. The molecule has 2 aliphatic heterocycles. The lowest BCUT2D eigenvalue weighted by molar-refractivity contribution is -0.137. The molecule has 0 unspecified atom stereocenters. The maximum atomic E-state index is 12.7. The predicted molar refractivity (Wildman–Crippen MR) is 130 cm³/mol. The van der Waals surface area contributed by atoms with Gasteiger partial charge in [-0.3, -0.25) is 4.79 Å². The van der Waals surface area contributed by atoms with Crippen LogP contribution in [-0.2, 0) is 22.5 Å². The van der Waals surface area contributed by atoms with Crippen molar-refractivity contribution in [3.63, 3.8) is 0 Å². The molecule has 1 saturated heterocycles. The number of benzene rings is 1. The molecule has 1 fully saturated rings. The number of hydrogen-bond acceptors (Lipinski definition) is 8. The molecule has 35 heavy (non-hydrogen) atoms. The first-order valence-electron chi connectivity index (χ1n) is 11.4. The normalized spacial score (nSPS) is 19.3. The Labute approximate surface area is 206 Å². The number of carbonyl (C=O) groups is 2. The Morgan fingerprint density at radius 2 is 2.20 bits per heavy atom. The summed E-state index contributed by atoms with van der Waals surface area (Å²) in [6.07, 6.45) is 2.73. The average Bonchev–Trinajstić information content (AvgIpc) is 3.59. The number of thiazole rings is 1. The summed E-state index contributed by atoms with van der Waals surface area (Å²) in [5, 5.41) is 18.1. The topological polar surface area (TPSA) is 101 Å². The molecule has 2 aliphatic rings. The molecule has 0 saturated carbocycles. The summed E-state index contributed by atoms with van der Waals surface area (Å²) < 4.78 is 7.06. The standard InChI is InChI=1S/C25H25N5O4S/c1-3-34-22(31)21-19-16-29(24-26-11-14-35-24)12-8-20(19)30(27-21)18-6-4-5-17(15-18)7-9-25(33)10-13-28(2)23(25)32/h4-6,11,14-15,33H,3,8,10,12-13,16H2,1-2H3/t25-/m0/s1. The number of aromatic nitrogens is 3. The molecule has 0 bridgehead atoms. The molecule has 1 atom stereocenters. The van der Waals surface area contributed by atoms with E-state index in [1.54, 1.807) is 36.2 Å². The number of anilines is 1. The minimum absolute atomic E-state index is 0.262. The summed E-state index contributed by atoms with van der Waals surface area (Å²) >= 11 is 1.56. The van der Waals surface area contributed by atoms with E-state index in [9.17, 15) is 14.7 Å². The molecular formula is C25H25N5O4S. The Bertz CT molecular complexity index is 1340. The van der Waals surface area contributed by atoms with Crippen molar-refractivity contribution in [2.45, 2.75) is 31.9 Å². The first-order valence-corrected chi connectivity index (χ1v) is 12.3. The molecule has 0 spiro atoms. The lowest BCUT2D eigenvalue weighted by Gasteiger charge is -2.27. The zero-order valence-corrected chi connectivity index (χ0v) is 20.3. The van der Waals surface area contributed by atoms with Crippen LogP contribution in [0.4, 0.5) is 5.13 Å². The highest BCUT2D eigenvalue weighted by molar-refractivity contribution is 7.13. The van der Waals surface area contributed by atoms with Gasteiger partial charge >= 0.3 is 5.97 Å². The summed E-state index contributed by atoms with van der Waals surface area (Å²) in [4.78, 5) is 33.0. The largest absolute Gasteiger partial charge is 0.461 e. The first kappa shape index (κ1) is 23.1. The van der Waals surface area contributed by atoms with Gasteiger partial charge in [0, 0.05) is 62.2 Å². The zero-order valence-electron chi connectivity index (χ0n) is 19.5. The van der Waals surface area contributed by atoms with Crippen molar-refractivity contribution in [1.29, 1.82) is 0 Å². The van der Waals surface area contributed by atoms with E-state index >= 15 is 0 Å². The number of rotatable bonds is 4. The van der Waals surface area contributed by atoms with Gasteiger partial charge in [0.05, 0.1) is 18.0 Å². The van der Waals surface area contributed by atoms with Gasteiger partial charge in [-0.2, -0.15) is 5.10 Å². The van der Waals surface area contributed by atoms with Crippen LogP contribution in [0.5, 0.6) is 0 Å². The summed E-state index contributed by atoms with van der Waals surface area (Å²) in [6, 6.07) is 7.39. The molecular weight excluding hydrogens is 466 g/mol. The molecule has 10 heteroatoms. The molecule has 3 aromatic rings. The summed E-state index contributed by atoms with van der Waals surface area (Å²) in [7, 11) is 1.65. The fourth-order valence-corrected chi connectivity index (χ4v) is 5.06. The third-order valence-corrected chi connectivity index (χ3v) is 7.06. The van der Waals surface area contributed by atoms with Crippen LogP contribution >= 0.6 is 11.3 Å². The summed E-state index contributed by atoms with van der Waals surface area (Å²) in [5.74, 6) is 4.87. The van der Waals surface area contributed by atoms with Crippen molar-refractivity contribution in [3.05, 3.63) is 58.4 Å². The third-order valence-electron chi connectivity index (χ3n) is 6.23. The van der Waals surface area contributed by atoms with Gasteiger partial charge in [-0.05, 0) is 25.1 Å². The lowest BCUT2D eigenvalue weighted by Crippen LogP contribution is -2.37. The van der Waals surface area contributed by atoms with Gasteiger partial charge in [-0.1, -0.05) is 17.9 Å². The molecule has 1 aromatic carbocycles. The maximum Gasteiger partial charge on any atom is 0.359 e. The van der Waals surface area contributed by atoms with Crippen LogP contribution in [0.25, 0.3) is 5.69 Å². The number of fused-ring (bicyclic) bond motifs is 1. The second-order valence-electron chi connectivity index (χ2n) is 8.53. The minimum Gasteiger partial charge on any atom is -0.461 e. The van der Waals surface area contributed by atoms with Gasteiger partial charge in [-0.25, -0.2) is 14.5 Å². The number of likely N-dealkylation sites (tertiary alicyclic amines) is 1. The fraction of sp³-hybridized carbons (Fsp3) is 0.360. The Morgan fingerprint density at radius 1 is 1.34 bits per heavy atom. The highest BCUT2D eigenvalue weighted by atomic mass is 32.1. The third kappa shape index (κ3) is 4.29. The van der Waals surface area contributed by atoms with Crippen molar-refractivity contribution in [2.75, 3.05) is 31.6 Å². The molecule has 5 rings (SSSR count). The van der Waals surface area contributed by atoms with E-state index in [0.717, 1.165) is 28.6 Å². The number of nitrogens with zero attached hydrogens (tertiary/aromatic N) is 5. The van der Waals surface area contributed by atoms with Crippen molar-refractivity contribution in [3.8, 4) is 17.5 Å². The highest BCUT2D eigenvalue weighted by Crippen LogP contribution is 2.30. The van der Waals surface area contributed by atoms with Gasteiger partial charge in [0.25, 0.3) is 5.91 Å². The SMILES string of the molecule is CCOC(=O)c1nn(-c2cccc(C#C[C@]3(O)CCN(C)C3=O)c2)c2c1CN(c1nccs1)CC2. The number of amides is 1. The second kappa shape index (κ2) is 9.17. The van der Waals surface area contributed by atoms with E-state index in [2.05, 4.69) is 26.8 Å². The van der Waals surface area contributed by atoms with E-state index < -0.39 is 11.6 Å². The van der Waals surface area contributed by atoms with E-state index in [1.165, 1.54) is 4.90 Å². The molecule has 0 radical (unpaired) electrons. The number of likely N-dealkylation sites (N-methyl/N-ethyl adjacent to an activating group) is 1. The quantitative estimate of drug-likeness (QED) is 0.440. The van der Waals surface area contributed by atoms with Gasteiger partial charge in [0.2, 0.25) is 5.60 Å². The smallest absolute Gasteiger partial charge is 0.359 e. The summed E-state index contributed by atoms with van der Waals surface area (Å²) in [5.41, 5.74) is 1.79. The molecule has 2 aromatic heterocycles. The fourth-order valence-electron chi connectivity index (χ4n) is 4.39. The van der Waals surface area contributed by atoms with Crippen LogP contribution in [0, 0.1) is 11.8 Å². The maximum absolute atomic E-state index is 12.7. The van der Waals surface area contributed by atoms with Crippen molar-refractivity contribution in [2.24, 2.45) is 0 Å². The van der Waals surface area contributed by atoms with E-state index in [4.69, 9.17) is 4.74 Å². The van der Waals surface area contributed by atoms with Gasteiger partial charge in [0.1, 0.15) is 0 Å². The van der Waals surface area contributed by atoms with Crippen LogP contribution in [0.3, 0.4) is 0 Å². The van der Waals surface area contributed by atoms with Crippen LogP contribution in [0.1, 0.15) is 40.7 Å². The molecule has 180 valence electrons. The molecule has 1 amide bonds. The molecule has 9 nitrogen and oxygen atoms in total. The predicted octanol–water partition coefficient (Wildman–Crippen LogP) is 2.01. The Morgan fingerprint density at radius 3 is 2.91 bits per heavy atom. The van der Waals surface area contributed by atoms with E-state index in [-0.39, 0.29) is 18.9 Å². The number of carbonyl (C=O) groups excluding carboxylic acids is 2. The Hall–Kier alpha value is -3.68. The Kier molecular flexibility index (Phi) is 6.05. The van der Waals surface area contributed by atoms with Crippen LogP contribution in [0.15, 0.2) is 35.8 Å². The molecule has 0 aliphatic carbocycles. The Balaban J connectivity index is 1.50. The number of aliphatic hydroxyl groups is 1. The minimum atomic E-state index is -1.66. The van der Waals surface area contributed by atoms with Crippen molar-refractivity contribution < 1.29 is 19.4 Å². The number of esters is 1. The van der Waals surface area contributed by atoms with E-state index in [0.29, 0.717) is 30.8 Å². The molecule has 4 heterocycles. The zero-order chi connectivity index (χ0) is 24.6.